The Balaban J connectivity index is 2.63. The van der Waals surface area contributed by atoms with E-state index in [-0.39, 0.29) is 12.1 Å². The van der Waals surface area contributed by atoms with Crippen LogP contribution in [0.3, 0.4) is 0 Å². The van der Waals surface area contributed by atoms with Gasteiger partial charge >= 0.3 is 12.1 Å². The Hall–Kier alpha value is -1.26. The smallest absolute Gasteiger partial charge is 0.410 e. The predicted octanol–water partition coefficient (Wildman–Crippen LogP) is 2.34. The number of hydrogen-bond donors (Lipinski definition) is 0. The lowest BCUT2D eigenvalue weighted by atomic mass is 9.95. The summed E-state index contributed by atoms with van der Waals surface area (Å²) in [5.41, 5.74) is -1.10. The minimum absolute atomic E-state index is 0.316. The van der Waals surface area contributed by atoms with Crippen molar-refractivity contribution in [3.8, 4) is 0 Å². The second-order valence-electron chi connectivity index (χ2n) is 6.05. The van der Waals surface area contributed by atoms with E-state index in [0.717, 1.165) is 12.8 Å². The molecule has 1 saturated heterocycles. The first kappa shape index (κ1) is 14.8. The Morgan fingerprint density at radius 2 is 1.89 bits per heavy atom. The molecule has 0 bridgehead atoms. The number of amides is 1. The number of esters is 1. The van der Waals surface area contributed by atoms with Crippen LogP contribution in [0.2, 0.25) is 0 Å². The van der Waals surface area contributed by atoms with Gasteiger partial charge in [-0.05, 0) is 40.5 Å². The number of carbonyl (C=O) groups excluding carboxylic acids is 2. The molecule has 5 nitrogen and oxygen atoms in total. The standard InChI is InChI=1S/C13H23NO4/c1-10(15)17-13(5)7-6-8-14(9-13)11(16)18-12(2,3)4/h6-9H2,1-5H3. The van der Waals surface area contributed by atoms with Gasteiger partial charge in [0.25, 0.3) is 0 Å². The van der Waals surface area contributed by atoms with Gasteiger partial charge in [-0.1, -0.05) is 0 Å². The van der Waals surface area contributed by atoms with Gasteiger partial charge in [0.15, 0.2) is 0 Å². The van der Waals surface area contributed by atoms with Crippen molar-refractivity contribution in [3.63, 3.8) is 0 Å². The third kappa shape index (κ3) is 4.55. The van der Waals surface area contributed by atoms with E-state index in [1.165, 1.54) is 6.92 Å². The van der Waals surface area contributed by atoms with Crippen molar-refractivity contribution in [2.24, 2.45) is 0 Å². The van der Waals surface area contributed by atoms with E-state index >= 15 is 0 Å². The summed E-state index contributed by atoms with van der Waals surface area (Å²) >= 11 is 0. The van der Waals surface area contributed by atoms with Gasteiger partial charge in [0.1, 0.15) is 11.2 Å². The number of nitrogens with zero attached hydrogens (tertiary/aromatic N) is 1. The summed E-state index contributed by atoms with van der Waals surface area (Å²) in [6.45, 7) is 9.77. The molecule has 0 spiro atoms. The molecule has 1 unspecified atom stereocenters. The fraction of sp³-hybridized carbons (Fsp3) is 0.846. The largest absolute Gasteiger partial charge is 0.458 e. The molecule has 1 amide bonds. The first-order valence-electron chi connectivity index (χ1n) is 6.29. The van der Waals surface area contributed by atoms with Gasteiger partial charge in [0.05, 0.1) is 6.54 Å². The molecule has 0 aromatic carbocycles. The summed E-state index contributed by atoms with van der Waals surface area (Å²) in [5, 5.41) is 0. The Morgan fingerprint density at radius 3 is 2.39 bits per heavy atom. The molecule has 0 aromatic rings. The molecular formula is C13H23NO4. The van der Waals surface area contributed by atoms with E-state index in [1.807, 2.05) is 27.7 Å². The van der Waals surface area contributed by atoms with Gasteiger partial charge in [0, 0.05) is 13.5 Å². The van der Waals surface area contributed by atoms with Crippen molar-refractivity contribution in [1.82, 2.24) is 4.90 Å². The first-order chi connectivity index (χ1) is 8.11. The highest BCUT2D eigenvalue weighted by Crippen LogP contribution is 2.26. The molecule has 1 atom stereocenters. The molecule has 1 fully saturated rings. The van der Waals surface area contributed by atoms with Crippen LogP contribution in [0.25, 0.3) is 0 Å². The van der Waals surface area contributed by atoms with Gasteiger partial charge in [-0.2, -0.15) is 0 Å². The zero-order valence-corrected chi connectivity index (χ0v) is 11.9. The second-order valence-corrected chi connectivity index (χ2v) is 6.05. The summed E-state index contributed by atoms with van der Waals surface area (Å²) in [5.74, 6) is -0.316. The van der Waals surface area contributed by atoms with Crippen LogP contribution in [-0.2, 0) is 14.3 Å². The Kier molecular flexibility index (Phi) is 4.24. The minimum Gasteiger partial charge on any atom is -0.458 e. The molecule has 0 radical (unpaired) electrons. The molecule has 1 rings (SSSR count). The summed E-state index contributed by atoms with van der Waals surface area (Å²) < 4.78 is 10.6. The van der Waals surface area contributed by atoms with Crippen molar-refractivity contribution in [2.75, 3.05) is 13.1 Å². The van der Waals surface area contributed by atoms with E-state index in [9.17, 15) is 9.59 Å². The van der Waals surface area contributed by atoms with Crippen molar-refractivity contribution >= 4 is 12.1 Å². The van der Waals surface area contributed by atoms with E-state index in [0.29, 0.717) is 13.1 Å². The van der Waals surface area contributed by atoms with Gasteiger partial charge < -0.3 is 14.4 Å². The minimum atomic E-state index is -0.596. The average molecular weight is 257 g/mol. The van der Waals surface area contributed by atoms with Crippen LogP contribution < -0.4 is 0 Å². The molecule has 104 valence electrons. The molecule has 5 heteroatoms. The quantitative estimate of drug-likeness (QED) is 0.677. The number of likely N-dealkylation sites (tertiary alicyclic amines) is 1. The van der Waals surface area contributed by atoms with Crippen molar-refractivity contribution < 1.29 is 19.1 Å². The number of hydrogen-bond acceptors (Lipinski definition) is 4. The van der Waals surface area contributed by atoms with Gasteiger partial charge in [0.2, 0.25) is 0 Å². The van der Waals surface area contributed by atoms with E-state index in [2.05, 4.69) is 0 Å². The summed E-state index contributed by atoms with van der Waals surface area (Å²) in [6.07, 6.45) is 1.23. The molecule has 0 saturated carbocycles. The topological polar surface area (TPSA) is 55.8 Å². The number of carbonyl (C=O) groups is 2. The summed E-state index contributed by atoms with van der Waals surface area (Å²) in [4.78, 5) is 24.6. The molecule has 0 aromatic heterocycles. The maximum absolute atomic E-state index is 12.0. The Labute approximate surface area is 108 Å². The molecule has 0 aliphatic carbocycles. The Bertz CT molecular complexity index is 334. The van der Waals surface area contributed by atoms with Crippen LogP contribution in [0, 0.1) is 0 Å². The normalized spacial score (nSPS) is 24.6. The highest BCUT2D eigenvalue weighted by molar-refractivity contribution is 5.69. The van der Waals surface area contributed by atoms with Crippen LogP contribution in [0.15, 0.2) is 0 Å². The molecular weight excluding hydrogens is 234 g/mol. The first-order valence-corrected chi connectivity index (χ1v) is 6.29. The van der Waals surface area contributed by atoms with Gasteiger partial charge in [-0.3, -0.25) is 4.79 Å². The maximum Gasteiger partial charge on any atom is 0.410 e. The highest BCUT2D eigenvalue weighted by atomic mass is 16.6. The van der Waals surface area contributed by atoms with E-state index in [4.69, 9.17) is 9.47 Å². The third-order valence-electron chi connectivity index (χ3n) is 2.70. The number of ether oxygens (including phenoxy) is 2. The predicted molar refractivity (Wildman–Crippen MR) is 67.2 cm³/mol. The number of rotatable bonds is 1. The van der Waals surface area contributed by atoms with Crippen molar-refractivity contribution in [3.05, 3.63) is 0 Å². The van der Waals surface area contributed by atoms with Gasteiger partial charge in [-0.15, -0.1) is 0 Å². The van der Waals surface area contributed by atoms with Crippen LogP contribution in [0.1, 0.15) is 47.5 Å². The van der Waals surface area contributed by atoms with Crippen LogP contribution >= 0.6 is 0 Å². The van der Waals surface area contributed by atoms with E-state index in [1.54, 1.807) is 4.90 Å². The zero-order valence-electron chi connectivity index (χ0n) is 11.9. The lowest BCUT2D eigenvalue weighted by molar-refractivity contribution is -0.160. The maximum atomic E-state index is 12.0. The van der Waals surface area contributed by atoms with E-state index < -0.39 is 11.2 Å². The molecule has 1 aliphatic rings. The lowest BCUT2D eigenvalue weighted by Gasteiger charge is -2.39. The molecule has 1 aliphatic heterocycles. The van der Waals surface area contributed by atoms with Crippen LogP contribution in [0.5, 0.6) is 0 Å². The van der Waals surface area contributed by atoms with Crippen LogP contribution in [-0.4, -0.2) is 41.3 Å². The van der Waals surface area contributed by atoms with Crippen molar-refractivity contribution in [1.29, 1.82) is 0 Å². The van der Waals surface area contributed by atoms with Crippen molar-refractivity contribution in [2.45, 2.75) is 58.7 Å². The summed E-state index contributed by atoms with van der Waals surface area (Å²) in [6, 6.07) is 0. The molecule has 0 N–H and O–H groups in total. The fourth-order valence-electron chi connectivity index (χ4n) is 2.12. The highest BCUT2D eigenvalue weighted by Gasteiger charge is 2.37. The SMILES string of the molecule is CC(=O)OC1(C)CCCN(C(=O)OC(C)(C)C)C1. The zero-order chi connectivity index (χ0) is 14.0. The average Bonchev–Trinajstić information content (AvgIpc) is 2.12. The number of piperidine rings is 1. The second kappa shape index (κ2) is 5.16. The van der Waals surface area contributed by atoms with Gasteiger partial charge in [-0.25, -0.2) is 4.79 Å². The third-order valence-corrected chi connectivity index (χ3v) is 2.70. The fourth-order valence-corrected chi connectivity index (χ4v) is 2.12. The lowest BCUT2D eigenvalue weighted by Crippen LogP contribution is -2.51. The Morgan fingerprint density at radius 1 is 1.28 bits per heavy atom. The molecule has 18 heavy (non-hydrogen) atoms. The monoisotopic (exact) mass is 257 g/mol. The summed E-state index contributed by atoms with van der Waals surface area (Å²) in [7, 11) is 0. The molecule has 1 heterocycles. The van der Waals surface area contributed by atoms with Crippen LogP contribution in [0.4, 0.5) is 4.79 Å².